The first kappa shape index (κ1) is 25.7. The lowest BCUT2D eigenvalue weighted by Gasteiger charge is -2.37. The molecule has 2 N–H and O–H groups in total. The summed E-state index contributed by atoms with van der Waals surface area (Å²) in [5.74, 6) is 0.448. The SMILES string of the molecule is Oc1ccc(C(c2ccccc2)(c2cccc(Br)c2)c2ccc(O)c(-c3ccccc3)c2)cc1-c1ccccc1. The third-order valence-electron chi connectivity index (χ3n) is 7.49. The molecule has 2 nitrogen and oxygen atoms in total. The second-order valence-electron chi connectivity index (χ2n) is 9.82. The molecule has 0 aliphatic heterocycles. The van der Waals surface area contributed by atoms with Crippen LogP contribution in [-0.2, 0) is 5.41 Å². The minimum atomic E-state index is -0.764. The van der Waals surface area contributed by atoms with E-state index in [0.29, 0.717) is 0 Å². The number of rotatable bonds is 6. The van der Waals surface area contributed by atoms with Gasteiger partial charge in [0.15, 0.2) is 0 Å². The van der Waals surface area contributed by atoms with Crippen molar-refractivity contribution in [2.24, 2.45) is 0 Å². The minimum absolute atomic E-state index is 0.224. The Kier molecular flexibility index (Phi) is 6.98. The van der Waals surface area contributed by atoms with Crippen LogP contribution in [0.15, 0.2) is 156 Å². The van der Waals surface area contributed by atoms with Crippen LogP contribution in [0.3, 0.4) is 0 Å². The summed E-state index contributed by atoms with van der Waals surface area (Å²) in [6, 6.07) is 50.4. The fraction of sp³-hybridized carbons (Fsp3) is 0.0270. The number of phenolic OH excluding ortho intramolecular Hbond substituents is 2. The summed E-state index contributed by atoms with van der Waals surface area (Å²) >= 11 is 3.72. The van der Waals surface area contributed by atoms with E-state index in [4.69, 9.17) is 0 Å². The monoisotopic (exact) mass is 582 g/mol. The highest BCUT2D eigenvalue weighted by Gasteiger charge is 2.39. The van der Waals surface area contributed by atoms with Crippen LogP contribution < -0.4 is 0 Å². The molecule has 0 fully saturated rings. The van der Waals surface area contributed by atoms with Gasteiger partial charge >= 0.3 is 0 Å². The number of aromatic hydroxyl groups is 2. The lowest BCUT2D eigenvalue weighted by atomic mass is 9.64. The second kappa shape index (κ2) is 10.9. The van der Waals surface area contributed by atoms with Crippen molar-refractivity contribution >= 4 is 15.9 Å². The molecule has 0 radical (unpaired) electrons. The average molecular weight is 584 g/mol. The summed E-state index contributed by atoms with van der Waals surface area (Å²) in [7, 11) is 0. The van der Waals surface area contributed by atoms with E-state index in [2.05, 4.69) is 64.5 Å². The Morgan fingerprint density at radius 1 is 0.400 bits per heavy atom. The Morgan fingerprint density at radius 2 is 0.825 bits per heavy atom. The molecule has 0 unspecified atom stereocenters. The van der Waals surface area contributed by atoms with Crippen LogP contribution in [0.1, 0.15) is 22.3 Å². The molecule has 0 spiro atoms. The molecule has 0 bridgehead atoms. The van der Waals surface area contributed by atoms with E-state index in [1.165, 1.54) is 0 Å². The molecule has 40 heavy (non-hydrogen) atoms. The fourth-order valence-corrected chi connectivity index (χ4v) is 6.05. The number of halogens is 1. The molecule has 6 aromatic carbocycles. The lowest BCUT2D eigenvalue weighted by molar-refractivity contribution is 0.476. The molecule has 0 heterocycles. The number of phenols is 2. The van der Waals surface area contributed by atoms with Gasteiger partial charge in [0.25, 0.3) is 0 Å². The molecule has 0 aliphatic carbocycles. The van der Waals surface area contributed by atoms with Gasteiger partial charge in [-0.05, 0) is 69.8 Å². The molecule has 6 rings (SSSR count). The Bertz CT molecular complexity index is 1670. The third kappa shape index (κ3) is 4.59. The smallest absolute Gasteiger partial charge is 0.123 e. The average Bonchev–Trinajstić information content (AvgIpc) is 3.00. The largest absolute Gasteiger partial charge is 0.507 e. The van der Waals surface area contributed by atoms with Crippen molar-refractivity contribution in [3.63, 3.8) is 0 Å². The van der Waals surface area contributed by atoms with Gasteiger partial charge in [0.05, 0.1) is 5.41 Å². The van der Waals surface area contributed by atoms with E-state index in [0.717, 1.165) is 49.0 Å². The summed E-state index contributed by atoms with van der Waals surface area (Å²) in [6.45, 7) is 0. The van der Waals surface area contributed by atoms with E-state index >= 15 is 0 Å². The van der Waals surface area contributed by atoms with Gasteiger partial charge in [0.1, 0.15) is 11.5 Å². The first-order valence-electron chi connectivity index (χ1n) is 13.2. The molecule has 0 saturated carbocycles. The zero-order valence-corrected chi connectivity index (χ0v) is 23.3. The molecule has 6 aromatic rings. The fourth-order valence-electron chi connectivity index (χ4n) is 5.65. The highest BCUT2D eigenvalue weighted by molar-refractivity contribution is 9.10. The van der Waals surface area contributed by atoms with Crippen LogP contribution in [-0.4, -0.2) is 10.2 Å². The van der Waals surface area contributed by atoms with Crippen LogP contribution in [0.5, 0.6) is 11.5 Å². The second-order valence-corrected chi connectivity index (χ2v) is 10.7. The highest BCUT2D eigenvalue weighted by Crippen LogP contribution is 2.49. The molecule has 3 heteroatoms. The van der Waals surface area contributed by atoms with Crippen LogP contribution in [0, 0.1) is 0 Å². The van der Waals surface area contributed by atoms with Gasteiger partial charge in [0.2, 0.25) is 0 Å². The Morgan fingerprint density at radius 3 is 1.30 bits per heavy atom. The third-order valence-corrected chi connectivity index (χ3v) is 7.99. The van der Waals surface area contributed by atoms with Crippen molar-refractivity contribution in [3.05, 3.63) is 178 Å². The zero-order valence-electron chi connectivity index (χ0n) is 21.7. The van der Waals surface area contributed by atoms with Crippen LogP contribution in [0.2, 0.25) is 0 Å². The molecule has 0 aromatic heterocycles. The standard InChI is InChI=1S/C37H27BrO2/c38-32-18-10-17-29(23-32)37(28-15-8-3-9-16-28,30-19-21-35(39)33(24-30)26-11-4-1-5-12-26)31-20-22-36(40)34(25-31)27-13-6-2-7-14-27/h1-25,39-40H. The van der Waals surface area contributed by atoms with Crippen LogP contribution >= 0.6 is 15.9 Å². The van der Waals surface area contributed by atoms with Crippen molar-refractivity contribution in [3.8, 4) is 33.8 Å². The summed E-state index contributed by atoms with van der Waals surface area (Å²) in [5.41, 5.74) is 6.76. The molecular formula is C37H27BrO2. The lowest BCUT2D eigenvalue weighted by Crippen LogP contribution is -2.31. The minimum Gasteiger partial charge on any atom is -0.507 e. The Labute approximate surface area is 243 Å². The number of hydrogen-bond acceptors (Lipinski definition) is 2. The highest BCUT2D eigenvalue weighted by atomic mass is 79.9. The maximum atomic E-state index is 11.0. The van der Waals surface area contributed by atoms with E-state index in [1.54, 1.807) is 12.1 Å². The predicted octanol–water partition coefficient (Wildman–Crippen LogP) is 9.58. The van der Waals surface area contributed by atoms with E-state index in [9.17, 15) is 10.2 Å². The van der Waals surface area contributed by atoms with Gasteiger partial charge in [-0.1, -0.05) is 131 Å². The maximum absolute atomic E-state index is 11.0. The van der Waals surface area contributed by atoms with Crippen molar-refractivity contribution in [2.75, 3.05) is 0 Å². The van der Waals surface area contributed by atoms with Gasteiger partial charge < -0.3 is 10.2 Å². The van der Waals surface area contributed by atoms with E-state index < -0.39 is 5.41 Å². The first-order valence-corrected chi connectivity index (χ1v) is 14.0. The molecule has 0 amide bonds. The van der Waals surface area contributed by atoms with Crippen molar-refractivity contribution in [1.29, 1.82) is 0 Å². The number of benzene rings is 6. The summed E-state index contributed by atoms with van der Waals surface area (Å²) in [6.07, 6.45) is 0. The van der Waals surface area contributed by atoms with Gasteiger partial charge in [0, 0.05) is 15.6 Å². The predicted molar refractivity (Wildman–Crippen MR) is 167 cm³/mol. The van der Waals surface area contributed by atoms with Crippen LogP contribution in [0.4, 0.5) is 0 Å². The number of hydrogen-bond donors (Lipinski definition) is 2. The molecule has 0 atom stereocenters. The van der Waals surface area contributed by atoms with Gasteiger partial charge in [-0.15, -0.1) is 0 Å². The Hall–Kier alpha value is -4.60. The van der Waals surface area contributed by atoms with Crippen LogP contribution in [0.25, 0.3) is 22.3 Å². The Balaban J connectivity index is 1.73. The zero-order chi connectivity index (χ0) is 27.5. The molecule has 0 saturated heterocycles. The summed E-state index contributed by atoms with van der Waals surface area (Å²) in [5, 5.41) is 22.0. The quantitative estimate of drug-likeness (QED) is 0.192. The normalized spacial score (nSPS) is 11.3. The van der Waals surface area contributed by atoms with E-state index in [1.807, 2.05) is 91.0 Å². The molecule has 0 aliphatic rings. The van der Waals surface area contributed by atoms with E-state index in [-0.39, 0.29) is 11.5 Å². The summed E-state index contributed by atoms with van der Waals surface area (Å²) < 4.78 is 0.967. The molecular weight excluding hydrogens is 556 g/mol. The maximum Gasteiger partial charge on any atom is 0.123 e. The van der Waals surface area contributed by atoms with Crippen molar-refractivity contribution < 1.29 is 10.2 Å². The topological polar surface area (TPSA) is 40.5 Å². The van der Waals surface area contributed by atoms with Gasteiger partial charge in [-0.3, -0.25) is 0 Å². The first-order chi connectivity index (χ1) is 19.6. The van der Waals surface area contributed by atoms with Crippen molar-refractivity contribution in [2.45, 2.75) is 5.41 Å². The summed E-state index contributed by atoms with van der Waals surface area (Å²) in [4.78, 5) is 0. The molecule has 194 valence electrons. The van der Waals surface area contributed by atoms with Gasteiger partial charge in [-0.25, -0.2) is 0 Å². The van der Waals surface area contributed by atoms with Crippen molar-refractivity contribution in [1.82, 2.24) is 0 Å². The van der Waals surface area contributed by atoms with Gasteiger partial charge in [-0.2, -0.15) is 0 Å².